The predicted molar refractivity (Wildman–Crippen MR) is 66.3 cm³/mol. The second-order valence-corrected chi connectivity index (χ2v) is 4.30. The third-order valence-electron chi connectivity index (χ3n) is 2.04. The van der Waals surface area contributed by atoms with E-state index < -0.39 is 0 Å². The third kappa shape index (κ3) is 4.23. The lowest BCUT2D eigenvalue weighted by Crippen LogP contribution is -2.36. The fourth-order valence-corrected chi connectivity index (χ4v) is 2.12. The molecule has 16 heavy (non-hydrogen) atoms. The minimum Gasteiger partial charge on any atom is -0.271 e. The highest BCUT2D eigenvalue weighted by Crippen LogP contribution is 2.22. The van der Waals surface area contributed by atoms with Crippen molar-refractivity contribution >= 4 is 11.8 Å². The molecule has 0 fully saturated rings. The number of halogens is 1. The summed E-state index contributed by atoms with van der Waals surface area (Å²) in [6.07, 6.45) is 0.675. The van der Waals surface area contributed by atoms with Gasteiger partial charge in [-0.1, -0.05) is 12.1 Å². The monoisotopic (exact) mass is 238 g/mol. The molecule has 0 heterocycles. The molecule has 0 aliphatic heterocycles. The summed E-state index contributed by atoms with van der Waals surface area (Å²) in [6.45, 7) is 1.79. The number of thioether (sulfide) groups is 1. The highest BCUT2D eigenvalue weighted by molar-refractivity contribution is 7.99. The molecule has 0 spiro atoms. The summed E-state index contributed by atoms with van der Waals surface area (Å²) >= 11 is 1.44. The summed E-state index contributed by atoms with van der Waals surface area (Å²) < 4.78 is 13.3. The number of benzene rings is 1. The van der Waals surface area contributed by atoms with Crippen LogP contribution in [0.3, 0.4) is 0 Å². The van der Waals surface area contributed by atoms with Gasteiger partial charge in [-0.05, 0) is 19.1 Å². The first-order chi connectivity index (χ1) is 7.77. The lowest BCUT2D eigenvalue weighted by Gasteiger charge is -2.12. The zero-order valence-corrected chi connectivity index (χ0v) is 9.98. The molecule has 0 bridgehead atoms. The molecule has 0 saturated carbocycles. The summed E-state index contributed by atoms with van der Waals surface area (Å²) in [5, 5.41) is 0. The van der Waals surface area contributed by atoms with Crippen molar-refractivity contribution in [2.24, 2.45) is 5.84 Å². The van der Waals surface area contributed by atoms with Crippen molar-refractivity contribution in [1.82, 2.24) is 5.43 Å². The van der Waals surface area contributed by atoms with E-state index in [2.05, 4.69) is 17.3 Å². The van der Waals surface area contributed by atoms with Crippen molar-refractivity contribution in [2.45, 2.75) is 24.3 Å². The molecule has 2 nitrogen and oxygen atoms in total. The normalized spacial score (nSPS) is 11.7. The molecule has 0 saturated heterocycles. The van der Waals surface area contributed by atoms with Crippen molar-refractivity contribution in [3.8, 4) is 11.8 Å². The molecule has 1 rings (SSSR count). The Hall–Kier alpha value is -1.02. The van der Waals surface area contributed by atoms with E-state index in [0.29, 0.717) is 17.1 Å². The van der Waals surface area contributed by atoms with Crippen molar-refractivity contribution in [1.29, 1.82) is 0 Å². The first kappa shape index (κ1) is 13.0. The predicted octanol–water partition coefficient (Wildman–Crippen LogP) is 2.16. The lowest BCUT2D eigenvalue weighted by atomic mass is 10.2. The molecule has 0 radical (unpaired) electrons. The lowest BCUT2D eigenvalue weighted by molar-refractivity contribution is 0.587. The van der Waals surface area contributed by atoms with Crippen LogP contribution in [0.25, 0.3) is 0 Å². The Kier molecular flexibility index (Phi) is 5.94. The summed E-state index contributed by atoms with van der Waals surface area (Å²) in [5.74, 6) is 11.7. The van der Waals surface area contributed by atoms with Gasteiger partial charge in [-0.3, -0.25) is 11.3 Å². The van der Waals surface area contributed by atoms with Gasteiger partial charge in [0.15, 0.2) is 0 Å². The SMILES string of the molecule is CC#CCC(CSc1ccccc1F)NN. The van der Waals surface area contributed by atoms with Gasteiger partial charge < -0.3 is 0 Å². The Morgan fingerprint density at radius 1 is 1.50 bits per heavy atom. The Bertz CT molecular complexity index is 384. The molecular formula is C12H15FN2S. The van der Waals surface area contributed by atoms with Crippen LogP contribution in [0.1, 0.15) is 13.3 Å². The van der Waals surface area contributed by atoms with Crippen LogP contribution in [0.2, 0.25) is 0 Å². The molecule has 3 N–H and O–H groups in total. The molecule has 86 valence electrons. The Balaban J connectivity index is 2.48. The number of hydrogen-bond acceptors (Lipinski definition) is 3. The largest absolute Gasteiger partial charge is 0.271 e. The summed E-state index contributed by atoms with van der Waals surface area (Å²) in [5.41, 5.74) is 2.68. The van der Waals surface area contributed by atoms with Gasteiger partial charge in [-0.2, -0.15) is 0 Å². The molecular weight excluding hydrogens is 223 g/mol. The highest BCUT2D eigenvalue weighted by Gasteiger charge is 2.07. The summed E-state index contributed by atoms with van der Waals surface area (Å²) in [6, 6.07) is 6.80. The topological polar surface area (TPSA) is 38.0 Å². The summed E-state index contributed by atoms with van der Waals surface area (Å²) in [4.78, 5) is 0.646. The van der Waals surface area contributed by atoms with Gasteiger partial charge >= 0.3 is 0 Å². The Morgan fingerprint density at radius 2 is 2.25 bits per heavy atom. The number of hydrogen-bond donors (Lipinski definition) is 2. The minimum atomic E-state index is -0.190. The average molecular weight is 238 g/mol. The number of nitrogens with one attached hydrogen (secondary N) is 1. The highest BCUT2D eigenvalue weighted by atomic mass is 32.2. The van der Waals surface area contributed by atoms with Gasteiger partial charge in [0.2, 0.25) is 0 Å². The number of rotatable bonds is 5. The fourth-order valence-electron chi connectivity index (χ4n) is 1.14. The molecule has 1 unspecified atom stereocenters. The maximum absolute atomic E-state index is 13.3. The Labute approximate surface area is 99.8 Å². The van der Waals surface area contributed by atoms with E-state index in [1.807, 2.05) is 6.07 Å². The molecule has 4 heteroatoms. The molecule has 1 atom stereocenters. The zero-order chi connectivity index (χ0) is 11.8. The van der Waals surface area contributed by atoms with Crippen LogP contribution in [0, 0.1) is 17.7 Å². The van der Waals surface area contributed by atoms with Crippen LogP contribution in [0.5, 0.6) is 0 Å². The van der Waals surface area contributed by atoms with Gasteiger partial charge in [0.05, 0.1) is 0 Å². The van der Waals surface area contributed by atoms with E-state index in [1.165, 1.54) is 17.8 Å². The van der Waals surface area contributed by atoms with E-state index >= 15 is 0 Å². The smallest absolute Gasteiger partial charge is 0.136 e. The van der Waals surface area contributed by atoms with Gasteiger partial charge in [0.1, 0.15) is 5.82 Å². The van der Waals surface area contributed by atoms with Crippen molar-refractivity contribution in [2.75, 3.05) is 5.75 Å². The fraction of sp³-hybridized carbons (Fsp3) is 0.333. The van der Waals surface area contributed by atoms with Crippen LogP contribution in [-0.4, -0.2) is 11.8 Å². The van der Waals surface area contributed by atoms with E-state index in [1.54, 1.807) is 19.1 Å². The standard InChI is InChI=1S/C12H15FN2S/c1-2-3-6-10(15-14)9-16-12-8-5-4-7-11(12)13/h4-5,7-8,10,15H,6,9,14H2,1H3. The minimum absolute atomic E-state index is 0.0806. The Morgan fingerprint density at radius 3 is 2.88 bits per heavy atom. The van der Waals surface area contributed by atoms with Crippen molar-refractivity contribution in [3.63, 3.8) is 0 Å². The van der Waals surface area contributed by atoms with Gasteiger partial charge in [-0.15, -0.1) is 23.6 Å². The van der Waals surface area contributed by atoms with Crippen LogP contribution in [0.15, 0.2) is 29.2 Å². The molecule has 0 aliphatic carbocycles. The first-order valence-electron chi connectivity index (χ1n) is 5.01. The van der Waals surface area contributed by atoms with Gasteiger partial charge in [0, 0.05) is 23.1 Å². The van der Waals surface area contributed by atoms with Crippen molar-refractivity contribution in [3.05, 3.63) is 30.1 Å². The van der Waals surface area contributed by atoms with Crippen LogP contribution < -0.4 is 11.3 Å². The second kappa shape index (κ2) is 7.29. The third-order valence-corrected chi connectivity index (χ3v) is 3.25. The maximum Gasteiger partial charge on any atom is 0.136 e. The van der Waals surface area contributed by atoms with Crippen LogP contribution in [-0.2, 0) is 0 Å². The molecule has 0 amide bonds. The second-order valence-electron chi connectivity index (χ2n) is 3.24. The van der Waals surface area contributed by atoms with Crippen molar-refractivity contribution < 1.29 is 4.39 Å². The number of hydrazine groups is 1. The number of nitrogens with two attached hydrogens (primary N) is 1. The maximum atomic E-state index is 13.3. The quantitative estimate of drug-likeness (QED) is 0.357. The van der Waals surface area contributed by atoms with Crippen LogP contribution >= 0.6 is 11.8 Å². The average Bonchev–Trinajstić information content (AvgIpc) is 2.31. The molecule has 0 aromatic heterocycles. The van der Waals surface area contributed by atoms with Gasteiger partial charge in [0.25, 0.3) is 0 Å². The van der Waals surface area contributed by atoms with E-state index in [0.717, 1.165) is 0 Å². The van der Waals surface area contributed by atoms with E-state index in [9.17, 15) is 4.39 Å². The molecule has 0 aliphatic rings. The molecule has 1 aromatic rings. The van der Waals surface area contributed by atoms with E-state index in [4.69, 9.17) is 5.84 Å². The van der Waals surface area contributed by atoms with E-state index in [-0.39, 0.29) is 11.9 Å². The first-order valence-corrected chi connectivity index (χ1v) is 5.99. The van der Waals surface area contributed by atoms with Crippen LogP contribution in [0.4, 0.5) is 4.39 Å². The van der Waals surface area contributed by atoms with Gasteiger partial charge in [-0.25, -0.2) is 4.39 Å². The summed E-state index contributed by atoms with van der Waals surface area (Å²) in [7, 11) is 0. The molecule has 1 aromatic carbocycles. The zero-order valence-electron chi connectivity index (χ0n) is 9.16.